The molecule has 2 nitrogen and oxygen atoms in total. The third kappa shape index (κ3) is 4.78. The lowest BCUT2D eigenvalue weighted by atomic mass is 9.91. The summed E-state index contributed by atoms with van der Waals surface area (Å²) in [5.74, 6) is 0.706. The molecule has 0 radical (unpaired) electrons. The van der Waals surface area contributed by atoms with Crippen LogP contribution < -0.4 is 10.1 Å². The summed E-state index contributed by atoms with van der Waals surface area (Å²) in [4.78, 5) is 0. The van der Waals surface area contributed by atoms with E-state index in [1.54, 1.807) is 12.1 Å². The molecule has 1 aromatic carbocycles. The van der Waals surface area contributed by atoms with Crippen molar-refractivity contribution in [3.8, 4) is 5.75 Å². The Hall–Kier alpha value is -1.09. The number of ether oxygens (including phenoxy) is 1. The Kier molecular flexibility index (Phi) is 7.60. The molecule has 0 fully saturated rings. The zero-order chi connectivity index (χ0) is 15.0. The predicted molar refractivity (Wildman–Crippen MR) is 82.7 cm³/mol. The number of methoxy groups -OCH3 is 1. The van der Waals surface area contributed by atoms with Crippen molar-refractivity contribution in [2.45, 2.75) is 52.5 Å². The molecule has 20 heavy (non-hydrogen) atoms. The van der Waals surface area contributed by atoms with Crippen molar-refractivity contribution in [1.29, 1.82) is 0 Å². The van der Waals surface area contributed by atoms with Gasteiger partial charge in [0.15, 0.2) is 11.6 Å². The van der Waals surface area contributed by atoms with Gasteiger partial charge in [0.05, 0.1) is 7.11 Å². The molecular formula is C17H28FNO. The van der Waals surface area contributed by atoms with E-state index in [0.29, 0.717) is 11.7 Å². The fraction of sp³-hybridized carbons (Fsp3) is 0.647. The lowest BCUT2D eigenvalue weighted by Crippen LogP contribution is -2.24. The molecule has 1 atom stereocenters. The Morgan fingerprint density at radius 3 is 2.40 bits per heavy atom. The summed E-state index contributed by atoms with van der Waals surface area (Å²) < 4.78 is 18.9. The first-order valence-electron chi connectivity index (χ1n) is 7.72. The van der Waals surface area contributed by atoms with E-state index in [0.717, 1.165) is 24.9 Å². The minimum Gasteiger partial charge on any atom is -0.494 e. The summed E-state index contributed by atoms with van der Waals surface area (Å²) in [6, 6.07) is 5.52. The van der Waals surface area contributed by atoms with Gasteiger partial charge >= 0.3 is 0 Å². The summed E-state index contributed by atoms with van der Waals surface area (Å²) in [6.07, 6.45) is 4.47. The third-order valence-corrected chi connectivity index (χ3v) is 3.94. The van der Waals surface area contributed by atoms with Crippen LogP contribution >= 0.6 is 0 Å². The van der Waals surface area contributed by atoms with Crippen LogP contribution in [0.2, 0.25) is 0 Å². The number of hydrogen-bond acceptors (Lipinski definition) is 2. The Balaban J connectivity index is 2.88. The Morgan fingerprint density at radius 1 is 1.20 bits per heavy atom. The maximum atomic E-state index is 13.9. The number of nitrogens with one attached hydrogen (secondary N) is 1. The van der Waals surface area contributed by atoms with Crippen molar-refractivity contribution in [1.82, 2.24) is 5.32 Å². The smallest absolute Gasteiger partial charge is 0.165 e. The molecule has 0 aromatic heterocycles. The number of benzene rings is 1. The first kappa shape index (κ1) is 17.0. The molecule has 114 valence electrons. The van der Waals surface area contributed by atoms with Crippen LogP contribution in [0.1, 0.15) is 58.1 Å². The van der Waals surface area contributed by atoms with E-state index in [2.05, 4.69) is 26.1 Å². The fourth-order valence-corrected chi connectivity index (χ4v) is 2.51. The molecule has 0 bridgehead atoms. The van der Waals surface area contributed by atoms with Crippen molar-refractivity contribution in [2.75, 3.05) is 13.7 Å². The maximum absolute atomic E-state index is 13.9. The highest BCUT2D eigenvalue weighted by Gasteiger charge is 2.17. The van der Waals surface area contributed by atoms with Crippen LogP contribution in [-0.2, 0) is 0 Å². The zero-order valence-corrected chi connectivity index (χ0v) is 13.2. The lowest BCUT2D eigenvalue weighted by molar-refractivity contribution is 0.366. The van der Waals surface area contributed by atoms with Gasteiger partial charge in [-0.2, -0.15) is 0 Å². The first-order valence-corrected chi connectivity index (χ1v) is 7.72. The predicted octanol–water partition coefficient (Wildman–Crippen LogP) is 4.70. The Labute approximate surface area is 122 Å². The number of rotatable bonds is 9. The van der Waals surface area contributed by atoms with E-state index in [1.165, 1.54) is 20.0 Å². The highest BCUT2D eigenvalue weighted by Crippen LogP contribution is 2.28. The van der Waals surface area contributed by atoms with Gasteiger partial charge in [0.25, 0.3) is 0 Å². The molecule has 0 saturated heterocycles. The standard InChI is InChI=1S/C17H28FNO/c1-5-10-19-16(11-13(6-2)7-3)14-8-9-17(20-4)15(18)12-14/h8-9,12-13,16,19H,5-7,10-11H2,1-4H3. The van der Waals surface area contributed by atoms with Crippen molar-refractivity contribution in [3.63, 3.8) is 0 Å². The maximum Gasteiger partial charge on any atom is 0.165 e. The molecule has 0 heterocycles. The van der Waals surface area contributed by atoms with E-state index in [9.17, 15) is 4.39 Å². The second-order valence-electron chi connectivity index (χ2n) is 5.32. The van der Waals surface area contributed by atoms with Gasteiger partial charge in [0.1, 0.15) is 0 Å². The summed E-state index contributed by atoms with van der Waals surface area (Å²) in [5, 5.41) is 3.54. The van der Waals surface area contributed by atoms with E-state index < -0.39 is 0 Å². The second kappa shape index (κ2) is 8.96. The van der Waals surface area contributed by atoms with Crippen LogP contribution in [0.15, 0.2) is 18.2 Å². The quantitative estimate of drug-likeness (QED) is 0.708. The van der Waals surface area contributed by atoms with Gasteiger partial charge < -0.3 is 10.1 Å². The zero-order valence-electron chi connectivity index (χ0n) is 13.2. The molecule has 1 N–H and O–H groups in total. The van der Waals surface area contributed by atoms with Gasteiger partial charge in [-0.3, -0.25) is 0 Å². The van der Waals surface area contributed by atoms with Crippen LogP contribution in [0.4, 0.5) is 4.39 Å². The van der Waals surface area contributed by atoms with Crippen LogP contribution in [0.3, 0.4) is 0 Å². The average molecular weight is 281 g/mol. The molecule has 0 aliphatic heterocycles. The first-order chi connectivity index (χ1) is 9.65. The van der Waals surface area contributed by atoms with E-state index >= 15 is 0 Å². The molecule has 0 spiro atoms. The van der Waals surface area contributed by atoms with Gasteiger partial charge in [0, 0.05) is 6.04 Å². The van der Waals surface area contributed by atoms with Gasteiger partial charge in [-0.1, -0.05) is 39.7 Å². The van der Waals surface area contributed by atoms with Crippen molar-refractivity contribution in [3.05, 3.63) is 29.6 Å². The SMILES string of the molecule is CCCNC(CC(CC)CC)c1ccc(OC)c(F)c1. The normalized spacial score (nSPS) is 12.7. The molecule has 0 aliphatic carbocycles. The van der Waals surface area contributed by atoms with Gasteiger partial charge in [-0.15, -0.1) is 0 Å². The number of hydrogen-bond donors (Lipinski definition) is 1. The molecule has 3 heteroatoms. The highest BCUT2D eigenvalue weighted by atomic mass is 19.1. The minimum atomic E-state index is -0.280. The summed E-state index contributed by atoms with van der Waals surface area (Å²) in [7, 11) is 1.50. The minimum absolute atomic E-state index is 0.222. The summed E-state index contributed by atoms with van der Waals surface area (Å²) in [6.45, 7) is 7.55. The van der Waals surface area contributed by atoms with Crippen LogP contribution in [0.5, 0.6) is 5.75 Å². The topological polar surface area (TPSA) is 21.3 Å². The Bertz CT molecular complexity index is 391. The van der Waals surface area contributed by atoms with Crippen molar-refractivity contribution in [2.24, 2.45) is 5.92 Å². The van der Waals surface area contributed by atoms with Crippen LogP contribution in [0, 0.1) is 11.7 Å². The van der Waals surface area contributed by atoms with Crippen LogP contribution in [-0.4, -0.2) is 13.7 Å². The average Bonchev–Trinajstić information content (AvgIpc) is 2.47. The molecule has 0 aliphatic rings. The van der Waals surface area contributed by atoms with Gasteiger partial charge in [-0.05, 0) is 43.0 Å². The largest absolute Gasteiger partial charge is 0.494 e. The van der Waals surface area contributed by atoms with E-state index in [4.69, 9.17) is 4.74 Å². The second-order valence-corrected chi connectivity index (χ2v) is 5.32. The molecule has 1 aromatic rings. The van der Waals surface area contributed by atoms with Gasteiger partial charge in [-0.25, -0.2) is 4.39 Å². The van der Waals surface area contributed by atoms with Crippen molar-refractivity contribution < 1.29 is 9.13 Å². The number of halogens is 1. The molecule has 1 rings (SSSR count). The highest BCUT2D eigenvalue weighted by molar-refractivity contribution is 5.31. The molecular weight excluding hydrogens is 253 g/mol. The molecule has 0 amide bonds. The lowest BCUT2D eigenvalue weighted by Gasteiger charge is -2.24. The monoisotopic (exact) mass is 281 g/mol. The third-order valence-electron chi connectivity index (χ3n) is 3.94. The van der Waals surface area contributed by atoms with Crippen LogP contribution in [0.25, 0.3) is 0 Å². The molecule has 0 saturated carbocycles. The fourth-order valence-electron chi connectivity index (χ4n) is 2.51. The summed E-state index contributed by atoms with van der Waals surface area (Å²) >= 11 is 0. The summed E-state index contributed by atoms with van der Waals surface area (Å²) in [5.41, 5.74) is 1.02. The van der Waals surface area contributed by atoms with E-state index in [-0.39, 0.29) is 11.9 Å². The van der Waals surface area contributed by atoms with E-state index in [1.807, 2.05) is 6.07 Å². The molecule has 1 unspecified atom stereocenters. The van der Waals surface area contributed by atoms with Gasteiger partial charge in [0.2, 0.25) is 0 Å². The van der Waals surface area contributed by atoms with Crippen molar-refractivity contribution >= 4 is 0 Å². The Morgan fingerprint density at radius 2 is 1.90 bits per heavy atom.